The van der Waals surface area contributed by atoms with E-state index in [0.717, 1.165) is 22.5 Å². The van der Waals surface area contributed by atoms with Crippen LogP contribution in [0.15, 0.2) is 76.4 Å². The molecule has 0 bridgehead atoms. The number of ether oxygens (including phenoxy) is 2. The van der Waals surface area contributed by atoms with Crippen LogP contribution in [-0.4, -0.2) is 38.6 Å². The average Bonchev–Trinajstić information content (AvgIpc) is 3.23. The van der Waals surface area contributed by atoms with Crippen molar-refractivity contribution in [3.05, 3.63) is 105 Å². The van der Waals surface area contributed by atoms with Crippen LogP contribution in [0.25, 0.3) is 0 Å². The van der Waals surface area contributed by atoms with Crippen LogP contribution >= 0.6 is 11.8 Å². The van der Waals surface area contributed by atoms with E-state index < -0.39 is 41.5 Å². The first-order valence-corrected chi connectivity index (χ1v) is 11.1. The highest BCUT2D eigenvalue weighted by Gasteiger charge is 2.40. The van der Waals surface area contributed by atoms with Crippen LogP contribution in [0.5, 0.6) is 0 Å². The van der Waals surface area contributed by atoms with E-state index in [1.807, 2.05) is 4.98 Å². The minimum Gasteiger partial charge on any atom is -0.456 e. The van der Waals surface area contributed by atoms with Gasteiger partial charge in [0.05, 0.1) is 11.8 Å². The summed E-state index contributed by atoms with van der Waals surface area (Å²) in [7, 11) is 0. The second-order valence-electron chi connectivity index (χ2n) is 7.28. The second kappa shape index (κ2) is 9.97. The Morgan fingerprint density at radius 2 is 1.70 bits per heavy atom. The van der Waals surface area contributed by atoms with Gasteiger partial charge in [0.15, 0.2) is 0 Å². The van der Waals surface area contributed by atoms with Crippen LogP contribution < -0.4 is 11.2 Å². The van der Waals surface area contributed by atoms with Crippen molar-refractivity contribution in [2.45, 2.75) is 24.9 Å². The van der Waals surface area contributed by atoms with Crippen molar-refractivity contribution in [2.24, 2.45) is 0 Å². The molecule has 0 spiro atoms. The van der Waals surface area contributed by atoms with Crippen LogP contribution in [0.1, 0.15) is 33.4 Å². The normalized spacial score (nSPS) is 19.8. The van der Waals surface area contributed by atoms with Gasteiger partial charge < -0.3 is 9.47 Å². The van der Waals surface area contributed by atoms with E-state index in [1.165, 1.54) is 0 Å². The molecule has 2 heterocycles. The van der Waals surface area contributed by atoms with Gasteiger partial charge in [-0.1, -0.05) is 60.3 Å². The lowest BCUT2D eigenvalue weighted by atomic mass is 10.2. The molecule has 10 heteroatoms. The summed E-state index contributed by atoms with van der Waals surface area (Å²) in [6, 6.07) is 17.0. The molecule has 1 N–H and O–H groups in total. The number of aromatic amines is 1. The minimum atomic E-state index is -1.15. The number of H-pyrrole nitrogens is 1. The number of hydrogen-bond donors (Lipinski definition) is 1. The maximum Gasteiger partial charge on any atom is 0.338 e. The lowest BCUT2D eigenvalue weighted by Gasteiger charge is -2.18. The van der Waals surface area contributed by atoms with Gasteiger partial charge in [0.25, 0.3) is 5.56 Å². The standard InChI is InChI=1S/C23H19FN2O6S/c24-16-12-26(23(30)25-20(16)27)19-11-17(32-21(28)14-7-3-1-4-8-14)18(31-19)13-33-22(29)15-9-5-2-6-10-15/h1-10,12,17-19H,11,13H2,(H,25,27,30). The summed E-state index contributed by atoms with van der Waals surface area (Å²) in [6.45, 7) is 0. The zero-order valence-corrected chi connectivity index (χ0v) is 18.0. The molecule has 3 atom stereocenters. The molecule has 0 saturated carbocycles. The predicted molar refractivity (Wildman–Crippen MR) is 119 cm³/mol. The lowest BCUT2D eigenvalue weighted by molar-refractivity contribution is -0.0189. The van der Waals surface area contributed by atoms with Crippen molar-refractivity contribution < 1.29 is 23.5 Å². The first kappa shape index (κ1) is 22.7. The van der Waals surface area contributed by atoms with Crippen LogP contribution in [0, 0.1) is 5.82 Å². The third-order valence-electron chi connectivity index (χ3n) is 5.07. The van der Waals surface area contributed by atoms with E-state index in [9.17, 15) is 23.6 Å². The Morgan fingerprint density at radius 1 is 1.06 bits per heavy atom. The molecular formula is C23H19FN2O6S. The van der Waals surface area contributed by atoms with E-state index in [0.29, 0.717) is 11.1 Å². The number of nitrogens with one attached hydrogen (secondary N) is 1. The van der Waals surface area contributed by atoms with Gasteiger partial charge in [0.2, 0.25) is 10.9 Å². The van der Waals surface area contributed by atoms with Gasteiger partial charge in [-0.3, -0.25) is 19.1 Å². The van der Waals surface area contributed by atoms with Gasteiger partial charge in [0.1, 0.15) is 18.4 Å². The van der Waals surface area contributed by atoms with Crippen molar-refractivity contribution in [1.29, 1.82) is 0 Å². The maximum atomic E-state index is 13.8. The van der Waals surface area contributed by atoms with Crippen LogP contribution in [0.3, 0.4) is 0 Å². The molecule has 2 aromatic carbocycles. The third-order valence-corrected chi connectivity index (χ3v) is 6.06. The molecule has 1 saturated heterocycles. The number of benzene rings is 2. The number of rotatable bonds is 6. The fourth-order valence-corrected chi connectivity index (χ4v) is 4.33. The first-order chi connectivity index (χ1) is 15.9. The summed E-state index contributed by atoms with van der Waals surface area (Å²) >= 11 is 0.986. The molecule has 1 aliphatic heterocycles. The van der Waals surface area contributed by atoms with Crippen molar-refractivity contribution in [3.8, 4) is 0 Å². The molecule has 33 heavy (non-hydrogen) atoms. The van der Waals surface area contributed by atoms with Crippen molar-refractivity contribution >= 4 is 22.8 Å². The summed E-state index contributed by atoms with van der Waals surface area (Å²) < 4.78 is 26.2. The van der Waals surface area contributed by atoms with Gasteiger partial charge in [-0.15, -0.1) is 0 Å². The molecule has 1 aromatic heterocycles. The maximum absolute atomic E-state index is 13.8. The Labute approximate surface area is 191 Å². The molecule has 1 aliphatic rings. The highest BCUT2D eigenvalue weighted by molar-refractivity contribution is 8.14. The van der Waals surface area contributed by atoms with Crippen LogP contribution in [0.2, 0.25) is 0 Å². The molecule has 3 aromatic rings. The number of esters is 1. The van der Waals surface area contributed by atoms with E-state index in [4.69, 9.17) is 9.47 Å². The summed E-state index contributed by atoms with van der Waals surface area (Å²) in [5.74, 6) is -1.60. The van der Waals surface area contributed by atoms with E-state index in [-0.39, 0.29) is 17.3 Å². The van der Waals surface area contributed by atoms with Gasteiger partial charge in [-0.2, -0.15) is 4.39 Å². The van der Waals surface area contributed by atoms with Crippen molar-refractivity contribution in [2.75, 3.05) is 5.75 Å². The number of halogens is 1. The van der Waals surface area contributed by atoms with Crippen molar-refractivity contribution in [3.63, 3.8) is 0 Å². The Hall–Kier alpha value is -3.50. The number of carbonyl (C=O) groups excluding carboxylic acids is 2. The highest BCUT2D eigenvalue weighted by atomic mass is 32.2. The minimum absolute atomic E-state index is 0.0364. The summed E-state index contributed by atoms with van der Waals surface area (Å²) in [5, 5.41) is -0.192. The van der Waals surface area contributed by atoms with Gasteiger partial charge in [-0.05, 0) is 12.1 Å². The Kier molecular flexibility index (Phi) is 6.85. The zero-order chi connectivity index (χ0) is 23.4. The monoisotopic (exact) mass is 470 g/mol. The Bertz CT molecular complexity index is 1260. The van der Waals surface area contributed by atoms with E-state index >= 15 is 0 Å². The molecule has 0 radical (unpaired) electrons. The summed E-state index contributed by atoms with van der Waals surface area (Å²) in [6.07, 6.45) is -1.75. The lowest BCUT2D eigenvalue weighted by Crippen LogP contribution is -2.34. The number of thioether (sulfide) groups is 1. The molecular weight excluding hydrogens is 451 g/mol. The summed E-state index contributed by atoms with van der Waals surface area (Å²) in [5.41, 5.74) is -1.15. The molecule has 4 rings (SSSR count). The second-order valence-corrected chi connectivity index (χ2v) is 8.28. The van der Waals surface area contributed by atoms with Crippen LogP contribution in [-0.2, 0) is 9.47 Å². The van der Waals surface area contributed by atoms with E-state index in [2.05, 4.69) is 0 Å². The smallest absolute Gasteiger partial charge is 0.338 e. The van der Waals surface area contributed by atoms with Crippen LogP contribution in [0.4, 0.5) is 4.39 Å². The molecule has 3 unspecified atom stereocenters. The molecule has 170 valence electrons. The first-order valence-electron chi connectivity index (χ1n) is 10.1. The van der Waals surface area contributed by atoms with Gasteiger partial charge >= 0.3 is 11.7 Å². The predicted octanol–water partition coefficient (Wildman–Crippen LogP) is 2.76. The highest BCUT2D eigenvalue weighted by Crippen LogP contribution is 2.33. The topological polar surface area (TPSA) is 107 Å². The largest absolute Gasteiger partial charge is 0.456 e. The fourth-order valence-electron chi connectivity index (χ4n) is 3.42. The molecule has 0 amide bonds. The SMILES string of the molecule is O=C(OC1CC(n2cc(F)c(=O)[nH]c2=O)OC1CSC(=O)c1ccccc1)c1ccccc1. The van der Waals surface area contributed by atoms with Gasteiger partial charge in [0, 0.05) is 17.7 Å². The number of aromatic nitrogens is 2. The number of carbonyl (C=O) groups is 2. The molecule has 0 aliphatic carbocycles. The van der Waals surface area contributed by atoms with E-state index in [1.54, 1.807) is 60.7 Å². The average molecular weight is 470 g/mol. The van der Waals surface area contributed by atoms with Gasteiger partial charge in [-0.25, -0.2) is 9.59 Å². The number of nitrogens with zero attached hydrogens (tertiary/aromatic N) is 1. The molecule has 8 nitrogen and oxygen atoms in total. The van der Waals surface area contributed by atoms with Crippen molar-refractivity contribution in [1.82, 2.24) is 9.55 Å². The third kappa shape index (κ3) is 5.29. The summed E-state index contributed by atoms with van der Waals surface area (Å²) in [4.78, 5) is 50.5. The quantitative estimate of drug-likeness (QED) is 0.552. The Balaban J connectivity index is 1.53. The number of hydrogen-bond acceptors (Lipinski definition) is 7. The zero-order valence-electron chi connectivity index (χ0n) is 17.2. The fraction of sp³-hybridized carbons (Fsp3) is 0.217. The molecule has 1 fully saturated rings. The Morgan fingerprint density at radius 3 is 2.36 bits per heavy atom.